The average molecular weight is 360 g/mol. The van der Waals surface area contributed by atoms with Crippen LogP contribution in [0.25, 0.3) is 10.9 Å². The molecule has 0 aliphatic rings. The second kappa shape index (κ2) is 6.69. The van der Waals surface area contributed by atoms with E-state index in [-0.39, 0.29) is 18.7 Å². The Bertz CT molecular complexity index is 976. The Morgan fingerprint density at radius 2 is 1.84 bits per heavy atom. The molecule has 3 rings (SSSR count). The number of halogens is 2. The van der Waals surface area contributed by atoms with Crippen molar-refractivity contribution in [3.05, 3.63) is 70.1 Å². The number of aryl methyl sites for hydroxylation is 1. The average Bonchev–Trinajstić information content (AvgIpc) is 2.84. The third-order valence-corrected chi connectivity index (χ3v) is 4.43. The van der Waals surface area contributed by atoms with Gasteiger partial charge in [-0.1, -0.05) is 11.6 Å². The Hall–Kier alpha value is -2.66. The number of hydrogen-bond acceptors (Lipinski definition) is 2. The summed E-state index contributed by atoms with van der Waals surface area (Å²) in [4.78, 5) is 23.9. The second-order valence-electron chi connectivity index (χ2n) is 5.77. The van der Waals surface area contributed by atoms with Gasteiger partial charge in [-0.05, 0) is 61.4 Å². The molecule has 0 aliphatic carbocycles. The van der Waals surface area contributed by atoms with Crippen molar-refractivity contribution in [3.63, 3.8) is 0 Å². The normalized spacial score (nSPS) is 11.0. The van der Waals surface area contributed by atoms with E-state index < -0.39 is 11.8 Å². The molecule has 0 amide bonds. The molecule has 0 bridgehead atoms. The fourth-order valence-electron chi connectivity index (χ4n) is 2.99. The number of carbonyl (C=O) groups is 2. The first-order valence-corrected chi connectivity index (χ1v) is 8.08. The van der Waals surface area contributed by atoms with Crippen molar-refractivity contribution < 1.29 is 19.1 Å². The number of carboxylic acid groups (broad SMARTS) is 1. The van der Waals surface area contributed by atoms with E-state index in [1.165, 1.54) is 22.8 Å². The van der Waals surface area contributed by atoms with Gasteiger partial charge in [-0.2, -0.15) is 0 Å². The van der Waals surface area contributed by atoms with Gasteiger partial charge >= 0.3 is 5.97 Å². The molecular formula is C19H15ClFNO3. The van der Waals surface area contributed by atoms with E-state index in [9.17, 15) is 14.0 Å². The first kappa shape index (κ1) is 17.2. The number of nitrogens with zero attached hydrogens (tertiary/aromatic N) is 1. The fraction of sp³-hybridized carbons (Fsp3) is 0.158. The van der Waals surface area contributed by atoms with Crippen LogP contribution in [0.3, 0.4) is 0 Å². The zero-order chi connectivity index (χ0) is 18.1. The molecule has 1 heterocycles. The van der Waals surface area contributed by atoms with Crippen LogP contribution in [0.4, 0.5) is 4.39 Å². The van der Waals surface area contributed by atoms with Crippen molar-refractivity contribution in [2.45, 2.75) is 19.8 Å². The minimum absolute atomic E-state index is 0.0917. The number of aromatic nitrogens is 1. The molecule has 0 unspecified atom stereocenters. The van der Waals surface area contributed by atoms with E-state index >= 15 is 0 Å². The predicted octanol–water partition coefficient (Wildman–Crippen LogP) is 4.45. The molecule has 0 radical (unpaired) electrons. The summed E-state index contributed by atoms with van der Waals surface area (Å²) < 4.78 is 15.2. The highest BCUT2D eigenvalue weighted by molar-refractivity contribution is 6.30. The van der Waals surface area contributed by atoms with Crippen molar-refractivity contribution in [2.75, 3.05) is 0 Å². The lowest BCUT2D eigenvalue weighted by Gasteiger charge is -2.08. The van der Waals surface area contributed by atoms with Gasteiger partial charge in [-0.3, -0.25) is 14.2 Å². The monoisotopic (exact) mass is 359 g/mol. The maximum atomic E-state index is 13.7. The summed E-state index contributed by atoms with van der Waals surface area (Å²) in [5.41, 5.74) is 2.28. The smallest absolute Gasteiger partial charge is 0.303 e. The summed E-state index contributed by atoms with van der Waals surface area (Å²) in [5, 5.41) is 10.0. The van der Waals surface area contributed by atoms with Gasteiger partial charge in [0, 0.05) is 28.1 Å². The summed E-state index contributed by atoms with van der Waals surface area (Å²) in [6, 6.07) is 10.7. The fourth-order valence-corrected chi connectivity index (χ4v) is 3.11. The van der Waals surface area contributed by atoms with Crippen LogP contribution in [0.1, 0.15) is 28.0 Å². The summed E-state index contributed by atoms with van der Waals surface area (Å²) in [7, 11) is 0. The van der Waals surface area contributed by atoms with Crippen LogP contribution in [0.5, 0.6) is 0 Å². The van der Waals surface area contributed by atoms with Crippen LogP contribution in [0, 0.1) is 12.7 Å². The van der Waals surface area contributed by atoms with Gasteiger partial charge in [-0.15, -0.1) is 0 Å². The second-order valence-corrected chi connectivity index (χ2v) is 6.20. The highest BCUT2D eigenvalue weighted by Gasteiger charge is 2.20. The van der Waals surface area contributed by atoms with Crippen LogP contribution in [0.15, 0.2) is 42.5 Å². The van der Waals surface area contributed by atoms with E-state index in [4.69, 9.17) is 16.7 Å². The lowest BCUT2D eigenvalue weighted by molar-refractivity contribution is -0.136. The number of carboxylic acids is 1. The number of aliphatic carboxylic acids is 1. The van der Waals surface area contributed by atoms with E-state index in [0.717, 1.165) is 0 Å². The summed E-state index contributed by atoms with van der Waals surface area (Å²) in [6.45, 7) is 1.74. The number of rotatable bonds is 4. The van der Waals surface area contributed by atoms with Gasteiger partial charge in [0.15, 0.2) is 0 Å². The van der Waals surface area contributed by atoms with E-state index in [1.54, 1.807) is 31.2 Å². The van der Waals surface area contributed by atoms with Crippen LogP contribution in [-0.4, -0.2) is 21.6 Å². The topological polar surface area (TPSA) is 59.3 Å². The third-order valence-electron chi connectivity index (χ3n) is 4.18. The molecular weight excluding hydrogens is 345 g/mol. The Balaban J connectivity index is 2.17. The number of fused-ring (bicyclic) bond motifs is 1. The van der Waals surface area contributed by atoms with Crippen LogP contribution in [-0.2, 0) is 11.2 Å². The SMILES string of the molecule is Cc1c(CCC(=O)O)c2cc(F)ccc2n1C(=O)c1ccc(Cl)cc1. The van der Waals surface area contributed by atoms with Crippen LogP contribution >= 0.6 is 11.6 Å². The summed E-state index contributed by atoms with van der Waals surface area (Å²) in [5.74, 6) is -1.65. The molecule has 25 heavy (non-hydrogen) atoms. The molecule has 0 fully saturated rings. The molecule has 0 atom stereocenters. The number of hydrogen-bond donors (Lipinski definition) is 1. The minimum Gasteiger partial charge on any atom is -0.481 e. The van der Waals surface area contributed by atoms with Crippen molar-refractivity contribution in [3.8, 4) is 0 Å². The minimum atomic E-state index is -0.944. The van der Waals surface area contributed by atoms with Crippen molar-refractivity contribution >= 4 is 34.4 Å². The quantitative estimate of drug-likeness (QED) is 0.748. The van der Waals surface area contributed by atoms with Crippen molar-refractivity contribution in [2.24, 2.45) is 0 Å². The maximum Gasteiger partial charge on any atom is 0.303 e. The zero-order valence-corrected chi connectivity index (χ0v) is 14.2. The Morgan fingerprint density at radius 3 is 2.48 bits per heavy atom. The summed E-state index contributed by atoms with van der Waals surface area (Å²) in [6.07, 6.45) is 0.133. The molecule has 6 heteroatoms. The molecule has 2 aromatic carbocycles. The lowest BCUT2D eigenvalue weighted by Crippen LogP contribution is -2.13. The van der Waals surface area contributed by atoms with Crippen molar-refractivity contribution in [1.29, 1.82) is 0 Å². The number of benzene rings is 2. The van der Waals surface area contributed by atoms with Gasteiger partial charge in [0.1, 0.15) is 5.82 Å². The van der Waals surface area contributed by atoms with Crippen LogP contribution < -0.4 is 0 Å². The van der Waals surface area contributed by atoms with Gasteiger partial charge in [-0.25, -0.2) is 4.39 Å². The lowest BCUT2D eigenvalue weighted by atomic mass is 10.1. The highest BCUT2D eigenvalue weighted by atomic mass is 35.5. The molecule has 4 nitrogen and oxygen atoms in total. The molecule has 0 spiro atoms. The Morgan fingerprint density at radius 1 is 1.16 bits per heavy atom. The molecule has 1 aromatic heterocycles. The van der Waals surface area contributed by atoms with Gasteiger partial charge in [0.2, 0.25) is 0 Å². The predicted molar refractivity (Wildman–Crippen MR) is 93.8 cm³/mol. The van der Waals surface area contributed by atoms with E-state index in [1.807, 2.05) is 0 Å². The first-order valence-electron chi connectivity index (χ1n) is 7.70. The van der Waals surface area contributed by atoms with E-state index in [0.29, 0.717) is 32.7 Å². The molecule has 0 aliphatic heterocycles. The molecule has 128 valence electrons. The van der Waals surface area contributed by atoms with Gasteiger partial charge in [0.25, 0.3) is 5.91 Å². The van der Waals surface area contributed by atoms with Gasteiger partial charge in [0.05, 0.1) is 5.52 Å². The number of carbonyl (C=O) groups excluding carboxylic acids is 1. The van der Waals surface area contributed by atoms with E-state index in [2.05, 4.69) is 0 Å². The Kier molecular flexibility index (Phi) is 4.59. The molecule has 1 N–H and O–H groups in total. The van der Waals surface area contributed by atoms with Crippen LogP contribution in [0.2, 0.25) is 5.02 Å². The highest BCUT2D eigenvalue weighted by Crippen LogP contribution is 2.29. The third kappa shape index (κ3) is 3.28. The first-order chi connectivity index (χ1) is 11.9. The summed E-state index contributed by atoms with van der Waals surface area (Å²) >= 11 is 5.87. The standard InChI is InChI=1S/C19H15ClFNO3/c1-11-15(7-9-18(23)24)16-10-14(21)6-8-17(16)22(11)19(25)12-2-4-13(20)5-3-12/h2-6,8,10H,7,9H2,1H3,(H,23,24). The zero-order valence-electron chi connectivity index (χ0n) is 13.4. The Labute approximate surface area is 148 Å². The molecule has 0 saturated heterocycles. The van der Waals surface area contributed by atoms with Crippen molar-refractivity contribution in [1.82, 2.24) is 4.57 Å². The maximum absolute atomic E-state index is 13.7. The largest absolute Gasteiger partial charge is 0.481 e. The molecule has 3 aromatic rings. The van der Waals surface area contributed by atoms with Gasteiger partial charge < -0.3 is 5.11 Å². The molecule has 0 saturated carbocycles.